The molecule has 0 heterocycles. The van der Waals surface area contributed by atoms with Gasteiger partial charge in [-0.15, -0.1) is 0 Å². The third-order valence-corrected chi connectivity index (χ3v) is 6.01. The van der Waals surface area contributed by atoms with E-state index in [1.807, 2.05) is 0 Å². The standard InChI is InChI=1S/C18H34/c1-15(16-10-6-4-7-11-16)14-18(2,3)17-12-8-5-9-13-17/h15-17H,4-14H2,1-3H3/t15-/m0/s1. The topological polar surface area (TPSA) is 0 Å². The van der Waals surface area contributed by atoms with Gasteiger partial charge in [0.1, 0.15) is 0 Å². The SMILES string of the molecule is C[C@@H](CC(C)(C)C1CCCCC1)C1CCCCC1. The van der Waals surface area contributed by atoms with Crippen molar-refractivity contribution in [1.29, 1.82) is 0 Å². The molecule has 0 saturated heterocycles. The molecule has 0 N–H and O–H groups in total. The molecule has 0 spiro atoms. The van der Waals surface area contributed by atoms with E-state index >= 15 is 0 Å². The zero-order valence-electron chi connectivity index (χ0n) is 13.0. The van der Waals surface area contributed by atoms with Crippen molar-refractivity contribution in [3.63, 3.8) is 0 Å². The molecule has 0 bridgehead atoms. The van der Waals surface area contributed by atoms with Crippen LogP contribution >= 0.6 is 0 Å². The van der Waals surface area contributed by atoms with Gasteiger partial charge in [-0.25, -0.2) is 0 Å². The molecule has 1 atom stereocenters. The molecule has 0 radical (unpaired) electrons. The molecular weight excluding hydrogens is 216 g/mol. The van der Waals surface area contributed by atoms with Gasteiger partial charge in [-0.3, -0.25) is 0 Å². The monoisotopic (exact) mass is 250 g/mol. The van der Waals surface area contributed by atoms with Crippen molar-refractivity contribution in [3.05, 3.63) is 0 Å². The Labute approximate surface area is 115 Å². The lowest BCUT2D eigenvalue weighted by molar-refractivity contribution is 0.0996. The Morgan fingerprint density at radius 2 is 1.33 bits per heavy atom. The van der Waals surface area contributed by atoms with Crippen LogP contribution in [0.2, 0.25) is 0 Å². The molecule has 0 unspecified atom stereocenters. The van der Waals surface area contributed by atoms with Crippen LogP contribution in [0.4, 0.5) is 0 Å². The summed E-state index contributed by atoms with van der Waals surface area (Å²) in [5.41, 5.74) is 0.595. The number of rotatable bonds is 4. The summed E-state index contributed by atoms with van der Waals surface area (Å²) >= 11 is 0. The fraction of sp³-hybridized carbons (Fsp3) is 1.00. The third kappa shape index (κ3) is 3.75. The first-order chi connectivity index (χ1) is 8.59. The Bertz CT molecular complexity index is 228. The Morgan fingerprint density at radius 3 is 1.89 bits per heavy atom. The highest BCUT2D eigenvalue weighted by atomic mass is 14.4. The van der Waals surface area contributed by atoms with Gasteiger partial charge < -0.3 is 0 Å². The zero-order chi connectivity index (χ0) is 13.0. The molecule has 0 aromatic carbocycles. The van der Waals surface area contributed by atoms with Crippen molar-refractivity contribution in [2.24, 2.45) is 23.2 Å². The molecule has 0 aromatic rings. The Balaban J connectivity index is 1.85. The van der Waals surface area contributed by atoms with Crippen LogP contribution < -0.4 is 0 Å². The van der Waals surface area contributed by atoms with Crippen molar-refractivity contribution in [1.82, 2.24) is 0 Å². The molecule has 0 heteroatoms. The Kier molecular flexibility index (Phi) is 5.15. The average molecular weight is 250 g/mol. The summed E-state index contributed by atoms with van der Waals surface area (Å²) in [4.78, 5) is 0. The van der Waals surface area contributed by atoms with Gasteiger partial charge in [0.05, 0.1) is 0 Å². The summed E-state index contributed by atoms with van der Waals surface area (Å²) in [6.45, 7) is 7.66. The molecule has 0 amide bonds. The van der Waals surface area contributed by atoms with Gasteiger partial charge in [-0.1, -0.05) is 72.1 Å². The molecule has 18 heavy (non-hydrogen) atoms. The summed E-state index contributed by atoms with van der Waals surface area (Å²) in [7, 11) is 0. The minimum absolute atomic E-state index is 0.595. The zero-order valence-corrected chi connectivity index (χ0v) is 13.0. The van der Waals surface area contributed by atoms with Crippen LogP contribution in [0, 0.1) is 23.2 Å². The lowest BCUT2D eigenvalue weighted by Gasteiger charge is -2.41. The first-order valence-electron chi connectivity index (χ1n) is 8.59. The van der Waals surface area contributed by atoms with Gasteiger partial charge in [-0.2, -0.15) is 0 Å². The van der Waals surface area contributed by atoms with E-state index in [9.17, 15) is 0 Å². The highest BCUT2D eigenvalue weighted by molar-refractivity contribution is 4.84. The van der Waals surface area contributed by atoms with Crippen LogP contribution in [0.1, 0.15) is 91.4 Å². The molecule has 2 fully saturated rings. The fourth-order valence-corrected chi connectivity index (χ4v) is 4.75. The molecule has 2 aliphatic carbocycles. The normalized spacial score (nSPS) is 26.2. The maximum atomic E-state index is 2.56. The second-order valence-electron chi connectivity index (χ2n) is 7.90. The minimum Gasteiger partial charge on any atom is -0.0622 e. The average Bonchev–Trinajstić information content (AvgIpc) is 2.40. The summed E-state index contributed by atoms with van der Waals surface area (Å²) < 4.78 is 0. The molecule has 2 saturated carbocycles. The summed E-state index contributed by atoms with van der Waals surface area (Å²) in [5, 5.41) is 0. The van der Waals surface area contributed by atoms with E-state index < -0.39 is 0 Å². The highest BCUT2D eigenvalue weighted by Gasteiger charge is 2.33. The third-order valence-electron chi connectivity index (χ3n) is 6.01. The minimum atomic E-state index is 0.595. The smallest absolute Gasteiger partial charge is 0.0323 e. The van der Waals surface area contributed by atoms with Crippen molar-refractivity contribution in [3.8, 4) is 0 Å². The van der Waals surface area contributed by atoms with Gasteiger partial charge >= 0.3 is 0 Å². The second kappa shape index (κ2) is 6.44. The summed E-state index contributed by atoms with van der Waals surface area (Å²) in [5.74, 6) is 3.01. The van der Waals surface area contributed by atoms with E-state index in [0.717, 1.165) is 17.8 Å². The van der Waals surface area contributed by atoms with E-state index in [-0.39, 0.29) is 0 Å². The van der Waals surface area contributed by atoms with Gasteiger partial charge in [-0.05, 0) is 42.4 Å². The van der Waals surface area contributed by atoms with Gasteiger partial charge in [0, 0.05) is 0 Å². The van der Waals surface area contributed by atoms with Crippen molar-refractivity contribution < 1.29 is 0 Å². The fourth-order valence-electron chi connectivity index (χ4n) is 4.75. The molecule has 0 aromatic heterocycles. The molecular formula is C18H34. The second-order valence-corrected chi connectivity index (χ2v) is 7.90. The lowest BCUT2D eigenvalue weighted by Crippen LogP contribution is -2.30. The largest absolute Gasteiger partial charge is 0.0622 e. The highest BCUT2D eigenvalue weighted by Crippen LogP contribution is 2.45. The quantitative estimate of drug-likeness (QED) is 0.557. The Hall–Kier alpha value is 0. The Morgan fingerprint density at radius 1 is 0.833 bits per heavy atom. The number of hydrogen-bond donors (Lipinski definition) is 0. The first kappa shape index (κ1) is 14.4. The molecule has 2 rings (SSSR count). The summed E-state index contributed by atoms with van der Waals surface area (Å²) in [6, 6.07) is 0. The van der Waals surface area contributed by atoms with Crippen LogP contribution in [0.3, 0.4) is 0 Å². The summed E-state index contributed by atoms with van der Waals surface area (Å²) in [6.07, 6.45) is 16.5. The molecule has 2 aliphatic rings. The van der Waals surface area contributed by atoms with Crippen LogP contribution in [0.15, 0.2) is 0 Å². The van der Waals surface area contributed by atoms with E-state index in [4.69, 9.17) is 0 Å². The lowest BCUT2D eigenvalue weighted by atomic mass is 9.65. The van der Waals surface area contributed by atoms with E-state index in [0.29, 0.717) is 5.41 Å². The van der Waals surface area contributed by atoms with E-state index in [1.54, 1.807) is 0 Å². The van der Waals surface area contributed by atoms with Gasteiger partial charge in [0.15, 0.2) is 0 Å². The molecule has 0 nitrogen and oxygen atoms in total. The maximum absolute atomic E-state index is 2.56. The van der Waals surface area contributed by atoms with E-state index in [2.05, 4.69) is 20.8 Å². The van der Waals surface area contributed by atoms with Crippen molar-refractivity contribution in [2.75, 3.05) is 0 Å². The molecule has 106 valence electrons. The van der Waals surface area contributed by atoms with Gasteiger partial charge in [0.2, 0.25) is 0 Å². The maximum Gasteiger partial charge on any atom is -0.0323 e. The van der Waals surface area contributed by atoms with Crippen LogP contribution in [0.25, 0.3) is 0 Å². The number of hydrogen-bond acceptors (Lipinski definition) is 0. The van der Waals surface area contributed by atoms with E-state index in [1.165, 1.54) is 70.6 Å². The predicted molar refractivity (Wildman–Crippen MR) is 80.7 cm³/mol. The van der Waals surface area contributed by atoms with Crippen LogP contribution in [0.5, 0.6) is 0 Å². The van der Waals surface area contributed by atoms with Crippen LogP contribution in [-0.2, 0) is 0 Å². The van der Waals surface area contributed by atoms with Crippen LogP contribution in [-0.4, -0.2) is 0 Å². The molecule has 0 aliphatic heterocycles. The first-order valence-corrected chi connectivity index (χ1v) is 8.59. The predicted octanol–water partition coefficient (Wildman–Crippen LogP) is 6.20. The van der Waals surface area contributed by atoms with Gasteiger partial charge in [0.25, 0.3) is 0 Å². The van der Waals surface area contributed by atoms with Crippen molar-refractivity contribution in [2.45, 2.75) is 91.4 Å². The van der Waals surface area contributed by atoms with Crippen molar-refractivity contribution >= 4 is 0 Å².